The lowest BCUT2D eigenvalue weighted by molar-refractivity contribution is -0.135. The summed E-state index contributed by atoms with van der Waals surface area (Å²) in [7, 11) is -3.27. The molecule has 1 fully saturated rings. The molecule has 6 heteroatoms. The minimum atomic E-state index is -3.27. The van der Waals surface area contributed by atoms with Crippen molar-refractivity contribution in [2.24, 2.45) is 0 Å². The van der Waals surface area contributed by atoms with Gasteiger partial charge in [-0.1, -0.05) is 42.8 Å². The Labute approximate surface area is 152 Å². The number of sulfone groups is 1. The minimum Gasteiger partial charge on any atom is -0.462 e. The number of rotatable bonds is 4. The van der Waals surface area contributed by atoms with Gasteiger partial charge in [-0.05, 0) is 41.0 Å². The second-order valence-electron chi connectivity index (χ2n) is 5.68. The zero-order chi connectivity index (χ0) is 18.0. The molecule has 4 nitrogen and oxygen atoms in total. The molecule has 1 heterocycles. The molecule has 0 bridgehead atoms. The highest BCUT2D eigenvalue weighted by Crippen LogP contribution is 2.33. The zero-order valence-corrected chi connectivity index (χ0v) is 15.2. The molecule has 0 unspecified atom stereocenters. The van der Waals surface area contributed by atoms with Gasteiger partial charge in [-0.15, -0.1) is 0 Å². The highest BCUT2D eigenvalue weighted by molar-refractivity contribution is 7.91. The molecule has 0 atom stereocenters. The van der Waals surface area contributed by atoms with Crippen LogP contribution in [0.2, 0.25) is 5.02 Å². The molecule has 0 amide bonds. The predicted octanol–water partition coefficient (Wildman–Crippen LogP) is 3.88. The van der Waals surface area contributed by atoms with E-state index >= 15 is 0 Å². The maximum Gasteiger partial charge on any atom is 0.334 e. The van der Waals surface area contributed by atoms with Gasteiger partial charge in [-0.2, -0.15) is 0 Å². The van der Waals surface area contributed by atoms with E-state index in [0.717, 1.165) is 16.7 Å². The van der Waals surface area contributed by atoms with Crippen molar-refractivity contribution < 1.29 is 17.9 Å². The first kappa shape index (κ1) is 17.7. The molecular weight excluding hydrogens is 360 g/mol. The van der Waals surface area contributed by atoms with Crippen LogP contribution in [0.15, 0.2) is 59.0 Å². The zero-order valence-electron chi connectivity index (χ0n) is 13.7. The number of benzene rings is 2. The molecule has 1 aliphatic rings. The van der Waals surface area contributed by atoms with Crippen LogP contribution in [-0.2, 0) is 19.4 Å². The second kappa shape index (κ2) is 7.02. The Kier molecular flexibility index (Phi) is 4.97. The van der Waals surface area contributed by atoms with Crippen LogP contribution in [0.1, 0.15) is 24.5 Å². The molecule has 0 saturated carbocycles. The molecule has 0 radical (unpaired) electrons. The molecule has 1 saturated heterocycles. The van der Waals surface area contributed by atoms with Crippen LogP contribution in [0.4, 0.5) is 0 Å². The number of halogens is 1. The summed E-state index contributed by atoms with van der Waals surface area (Å²) >= 11 is 6.11. The summed E-state index contributed by atoms with van der Waals surface area (Å²) in [6.45, 7) is 1.96. The predicted molar refractivity (Wildman–Crippen MR) is 97.2 cm³/mol. The standard InChI is InChI=1S/C19H17ClO4S/c1-2-25(22,23)16-8-6-13(7-9-16)18(17-10-11-24-19(17)21)14-4-3-5-15(20)12-14/h3-9,12H,2,10-11H2,1H3. The first-order valence-corrected chi connectivity index (χ1v) is 9.95. The average molecular weight is 377 g/mol. The van der Waals surface area contributed by atoms with E-state index in [1.54, 1.807) is 43.3 Å². The summed E-state index contributed by atoms with van der Waals surface area (Å²) in [5, 5.41) is 0.562. The van der Waals surface area contributed by atoms with Gasteiger partial charge in [0, 0.05) is 17.0 Å². The lowest BCUT2D eigenvalue weighted by atomic mass is 9.92. The van der Waals surface area contributed by atoms with Gasteiger partial charge in [0.25, 0.3) is 0 Å². The van der Waals surface area contributed by atoms with E-state index in [4.69, 9.17) is 16.3 Å². The topological polar surface area (TPSA) is 60.4 Å². The first-order valence-electron chi connectivity index (χ1n) is 7.92. The molecule has 1 aliphatic heterocycles. The lowest BCUT2D eigenvalue weighted by Crippen LogP contribution is -2.04. The van der Waals surface area contributed by atoms with Gasteiger partial charge in [-0.3, -0.25) is 0 Å². The quantitative estimate of drug-likeness (QED) is 0.600. The van der Waals surface area contributed by atoms with Gasteiger partial charge in [0.05, 0.1) is 17.3 Å². The second-order valence-corrected chi connectivity index (χ2v) is 8.39. The lowest BCUT2D eigenvalue weighted by Gasteiger charge is -2.12. The van der Waals surface area contributed by atoms with E-state index in [-0.39, 0.29) is 16.6 Å². The van der Waals surface area contributed by atoms with Crippen molar-refractivity contribution in [1.29, 1.82) is 0 Å². The van der Waals surface area contributed by atoms with Crippen molar-refractivity contribution in [1.82, 2.24) is 0 Å². The number of esters is 1. The number of ether oxygens (including phenoxy) is 1. The molecule has 2 aromatic rings. The summed E-state index contributed by atoms with van der Waals surface area (Å²) in [6, 6.07) is 13.8. The van der Waals surface area contributed by atoms with Crippen LogP contribution in [-0.4, -0.2) is 26.7 Å². The Morgan fingerprint density at radius 3 is 2.40 bits per heavy atom. The van der Waals surface area contributed by atoms with Gasteiger partial charge in [-0.25, -0.2) is 13.2 Å². The Morgan fingerprint density at radius 2 is 1.84 bits per heavy atom. The summed E-state index contributed by atoms with van der Waals surface area (Å²) < 4.78 is 29.1. The van der Waals surface area contributed by atoms with Crippen molar-refractivity contribution in [3.05, 3.63) is 70.3 Å². The molecular formula is C19H17ClO4S. The van der Waals surface area contributed by atoms with Crippen molar-refractivity contribution in [2.45, 2.75) is 18.2 Å². The maximum atomic E-state index is 12.1. The van der Waals surface area contributed by atoms with E-state index < -0.39 is 9.84 Å². The maximum absolute atomic E-state index is 12.1. The number of hydrogen-bond acceptors (Lipinski definition) is 4. The Bertz CT molecular complexity index is 944. The third-order valence-electron chi connectivity index (χ3n) is 4.13. The van der Waals surface area contributed by atoms with Crippen molar-refractivity contribution in [3.63, 3.8) is 0 Å². The van der Waals surface area contributed by atoms with Crippen molar-refractivity contribution in [2.75, 3.05) is 12.4 Å². The van der Waals surface area contributed by atoms with E-state index in [2.05, 4.69) is 0 Å². The molecule has 25 heavy (non-hydrogen) atoms. The fourth-order valence-electron chi connectivity index (χ4n) is 2.82. The van der Waals surface area contributed by atoms with Gasteiger partial charge < -0.3 is 4.74 Å². The van der Waals surface area contributed by atoms with E-state index in [1.807, 2.05) is 12.1 Å². The fourth-order valence-corrected chi connectivity index (χ4v) is 3.89. The third kappa shape index (κ3) is 3.62. The van der Waals surface area contributed by atoms with Gasteiger partial charge in [0.1, 0.15) is 0 Å². The van der Waals surface area contributed by atoms with Crippen LogP contribution < -0.4 is 0 Å². The Hall–Kier alpha value is -2.11. The number of carbonyl (C=O) groups is 1. The number of carbonyl (C=O) groups excluding carboxylic acids is 1. The third-order valence-corrected chi connectivity index (χ3v) is 6.11. The van der Waals surface area contributed by atoms with E-state index in [0.29, 0.717) is 23.6 Å². The van der Waals surface area contributed by atoms with Crippen LogP contribution >= 0.6 is 11.6 Å². The molecule has 0 aliphatic carbocycles. The molecule has 2 aromatic carbocycles. The average Bonchev–Trinajstić information content (AvgIpc) is 3.02. The Morgan fingerprint density at radius 1 is 1.12 bits per heavy atom. The smallest absolute Gasteiger partial charge is 0.334 e. The van der Waals surface area contributed by atoms with E-state index in [9.17, 15) is 13.2 Å². The van der Waals surface area contributed by atoms with Crippen molar-refractivity contribution in [3.8, 4) is 0 Å². The highest BCUT2D eigenvalue weighted by atomic mass is 35.5. The van der Waals surface area contributed by atoms with Gasteiger partial charge in [0.15, 0.2) is 9.84 Å². The normalized spacial score (nSPS) is 16.6. The number of hydrogen-bond donors (Lipinski definition) is 0. The summed E-state index contributed by atoms with van der Waals surface area (Å²) in [4.78, 5) is 12.4. The van der Waals surface area contributed by atoms with Crippen LogP contribution in [0, 0.1) is 0 Å². The molecule has 0 N–H and O–H groups in total. The van der Waals surface area contributed by atoms with Crippen molar-refractivity contribution >= 4 is 33.0 Å². The SMILES string of the molecule is CCS(=O)(=O)c1ccc(C(=C2CCOC2=O)c2cccc(Cl)c2)cc1. The monoisotopic (exact) mass is 376 g/mol. The molecule has 0 aromatic heterocycles. The molecule has 0 spiro atoms. The molecule has 130 valence electrons. The summed E-state index contributed by atoms with van der Waals surface area (Å²) in [6.07, 6.45) is 0.510. The van der Waals surface area contributed by atoms with Gasteiger partial charge in [0.2, 0.25) is 0 Å². The molecule has 3 rings (SSSR count). The van der Waals surface area contributed by atoms with Crippen LogP contribution in [0.3, 0.4) is 0 Å². The first-order chi connectivity index (χ1) is 11.9. The minimum absolute atomic E-state index is 0.0426. The van der Waals surface area contributed by atoms with Gasteiger partial charge >= 0.3 is 5.97 Å². The summed E-state index contributed by atoms with van der Waals surface area (Å²) in [5.74, 6) is -0.304. The fraction of sp³-hybridized carbons (Fsp3) is 0.211. The number of cyclic esters (lactones) is 1. The van der Waals surface area contributed by atoms with Crippen LogP contribution in [0.5, 0.6) is 0 Å². The van der Waals surface area contributed by atoms with E-state index in [1.165, 1.54) is 0 Å². The Balaban J connectivity index is 2.15. The van der Waals surface area contributed by atoms with Crippen LogP contribution in [0.25, 0.3) is 5.57 Å². The largest absolute Gasteiger partial charge is 0.462 e. The highest BCUT2D eigenvalue weighted by Gasteiger charge is 2.25. The summed E-state index contributed by atoms with van der Waals surface area (Å²) in [5.41, 5.74) is 2.86.